The number of rotatable bonds is 7. The molecule has 1 atom stereocenters. The summed E-state index contributed by atoms with van der Waals surface area (Å²) in [5, 5.41) is 4.68. The molecule has 0 unspecified atom stereocenters. The number of sulfonamides is 2. The highest BCUT2D eigenvalue weighted by Gasteiger charge is 2.38. The topological polar surface area (TPSA) is 95.9 Å². The Bertz CT molecular complexity index is 1460. The van der Waals surface area contributed by atoms with Crippen LogP contribution in [0.15, 0.2) is 82.8 Å². The summed E-state index contributed by atoms with van der Waals surface area (Å²) in [6.07, 6.45) is 0.204. The molecule has 1 N–H and O–H groups in total. The third-order valence-corrected chi connectivity index (χ3v) is 8.54. The van der Waals surface area contributed by atoms with Gasteiger partial charge in [0.1, 0.15) is 5.82 Å². The molecule has 0 spiro atoms. The molecule has 7 nitrogen and oxygen atoms in total. The van der Waals surface area contributed by atoms with Crippen LogP contribution >= 0.6 is 11.6 Å². The summed E-state index contributed by atoms with van der Waals surface area (Å²) in [4.78, 5) is -0.0263. The molecule has 1 aliphatic rings. The quantitative estimate of drug-likeness (QED) is 0.484. The zero-order valence-corrected chi connectivity index (χ0v) is 20.4. The molecule has 0 saturated heterocycles. The number of nitrogens with one attached hydrogen (secondary N) is 1. The van der Waals surface area contributed by atoms with Crippen molar-refractivity contribution in [2.75, 3.05) is 10.5 Å². The van der Waals surface area contributed by atoms with Gasteiger partial charge in [-0.1, -0.05) is 41.9 Å². The van der Waals surface area contributed by atoms with Crippen molar-refractivity contribution in [3.63, 3.8) is 0 Å². The van der Waals surface area contributed by atoms with Gasteiger partial charge in [-0.2, -0.15) is 17.9 Å². The normalized spacial score (nSPS) is 16.4. The molecule has 1 aliphatic heterocycles. The maximum atomic E-state index is 13.5. The van der Waals surface area contributed by atoms with E-state index >= 15 is 0 Å². The van der Waals surface area contributed by atoms with E-state index in [4.69, 9.17) is 11.6 Å². The van der Waals surface area contributed by atoms with Crippen molar-refractivity contribution in [3.05, 3.63) is 94.8 Å². The van der Waals surface area contributed by atoms with Crippen LogP contribution in [0.1, 0.15) is 30.5 Å². The number of hydrazone groups is 1. The molecule has 34 heavy (non-hydrogen) atoms. The molecule has 0 aliphatic carbocycles. The van der Waals surface area contributed by atoms with Crippen LogP contribution in [0.5, 0.6) is 0 Å². The molecule has 0 saturated carbocycles. The van der Waals surface area contributed by atoms with Gasteiger partial charge in [-0.3, -0.25) is 4.72 Å². The number of hydrogen-bond donors (Lipinski definition) is 1. The molecule has 1 heterocycles. The molecule has 3 aromatic carbocycles. The highest BCUT2D eigenvalue weighted by Crippen LogP contribution is 2.37. The monoisotopic (exact) mass is 521 g/mol. The predicted molar refractivity (Wildman–Crippen MR) is 130 cm³/mol. The van der Waals surface area contributed by atoms with Crippen LogP contribution in [0.2, 0.25) is 5.02 Å². The maximum absolute atomic E-state index is 13.5. The van der Waals surface area contributed by atoms with Gasteiger partial charge in [0.2, 0.25) is 10.0 Å². The van der Waals surface area contributed by atoms with Gasteiger partial charge in [-0.05, 0) is 60.5 Å². The highest BCUT2D eigenvalue weighted by atomic mass is 35.5. The van der Waals surface area contributed by atoms with Crippen molar-refractivity contribution in [1.82, 2.24) is 4.41 Å². The maximum Gasteiger partial charge on any atom is 0.279 e. The van der Waals surface area contributed by atoms with Crippen molar-refractivity contribution in [2.45, 2.75) is 24.3 Å². The van der Waals surface area contributed by atoms with Gasteiger partial charge in [0, 0.05) is 17.1 Å². The van der Waals surface area contributed by atoms with Crippen LogP contribution in [-0.2, 0) is 20.0 Å². The molecule has 178 valence electrons. The number of anilines is 1. The fourth-order valence-electron chi connectivity index (χ4n) is 3.57. The van der Waals surface area contributed by atoms with Crippen molar-refractivity contribution in [2.24, 2.45) is 5.10 Å². The van der Waals surface area contributed by atoms with Gasteiger partial charge >= 0.3 is 0 Å². The second kappa shape index (κ2) is 9.36. The molecule has 0 bridgehead atoms. The predicted octanol–water partition coefficient (Wildman–Crippen LogP) is 4.78. The SMILES string of the molecule is CCS(=O)(=O)Nc1cccc(C2=NN(S(=O)(=O)c3cccc(Cl)c3)[C@H](c3ccc(F)cc3)C2)c1. The van der Waals surface area contributed by atoms with Crippen molar-refractivity contribution >= 4 is 43.0 Å². The number of benzene rings is 3. The summed E-state index contributed by atoms with van der Waals surface area (Å²) < 4.78 is 68.0. The van der Waals surface area contributed by atoms with E-state index in [1.54, 1.807) is 30.3 Å². The average Bonchev–Trinajstić information content (AvgIpc) is 3.26. The first-order valence-electron chi connectivity index (χ1n) is 10.3. The summed E-state index contributed by atoms with van der Waals surface area (Å²) in [5.41, 5.74) is 1.91. The first-order valence-corrected chi connectivity index (χ1v) is 13.8. The lowest BCUT2D eigenvalue weighted by Crippen LogP contribution is -2.27. The molecule has 11 heteroatoms. The molecule has 0 amide bonds. The molecular weight excluding hydrogens is 501 g/mol. The molecule has 4 rings (SSSR count). The Kier molecular flexibility index (Phi) is 6.66. The fourth-order valence-corrected chi connectivity index (χ4v) is 5.93. The zero-order valence-electron chi connectivity index (χ0n) is 18.0. The third-order valence-electron chi connectivity index (χ3n) is 5.32. The van der Waals surface area contributed by atoms with Crippen LogP contribution in [0.4, 0.5) is 10.1 Å². The lowest BCUT2D eigenvalue weighted by atomic mass is 9.99. The summed E-state index contributed by atoms with van der Waals surface area (Å²) in [6, 6.07) is 17.3. The van der Waals surface area contributed by atoms with Gasteiger partial charge in [0.15, 0.2) is 0 Å². The summed E-state index contributed by atoms with van der Waals surface area (Å²) in [6.45, 7) is 1.53. The number of halogens is 2. The second-order valence-corrected chi connectivity index (χ2v) is 11.9. The van der Waals surface area contributed by atoms with E-state index in [2.05, 4.69) is 9.82 Å². The summed E-state index contributed by atoms with van der Waals surface area (Å²) >= 11 is 6.02. The minimum Gasteiger partial charge on any atom is -0.284 e. The van der Waals surface area contributed by atoms with Crippen molar-refractivity contribution < 1.29 is 21.2 Å². The van der Waals surface area contributed by atoms with Crippen LogP contribution in [-0.4, -0.2) is 32.7 Å². The Hall–Kier alpha value is -2.95. The molecule has 0 fully saturated rings. The molecular formula is C23H21ClFN3O4S2. The minimum atomic E-state index is -4.10. The molecule has 0 radical (unpaired) electrons. The van der Waals surface area contributed by atoms with E-state index < -0.39 is 31.9 Å². The second-order valence-electron chi connectivity index (χ2n) is 7.64. The van der Waals surface area contributed by atoms with Crippen LogP contribution in [0, 0.1) is 5.82 Å². The van der Waals surface area contributed by atoms with Gasteiger partial charge in [0.25, 0.3) is 10.0 Å². The van der Waals surface area contributed by atoms with Crippen LogP contribution in [0.25, 0.3) is 0 Å². The van der Waals surface area contributed by atoms with Gasteiger partial charge in [-0.15, -0.1) is 0 Å². The smallest absolute Gasteiger partial charge is 0.279 e. The van der Waals surface area contributed by atoms with Crippen LogP contribution in [0.3, 0.4) is 0 Å². The van der Waals surface area contributed by atoms with Gasteiger partial charge < -0.3 is 0 Å². The molecule has 0 aromatic heterocycles. The fraction of sp³-hybridized carbons (Fsp3) is 0.174. The Labute approximate surface area is 203 Å². The van der Waals surface area contributed by atoms with Crippen molar-refractivity contribution in [1.29, 1.82) is 0 Å². The number of hydrogen-bond acceptors (Lipinski definition) is 5. The minimum absolute atomic E-state index is 0.0263. The van der Waals surface area contributed by atoms with Gasteiger partial charge in [0.05, 0.1) is 22.4 Å². The Morgan fingerprint density at radius 2 is 1.74 bits per heavy atom. The average molecular weight is 522 g/mol. The van der Waals surface area contributed by atoms with E-state index in [1.807, 2.05) is 0 Å². The third kappa shape index (κ3) is 5.08. The standard InChI is InChI=1S/C23H21ClFN3O4S2/c1-2-33(29,30)27-20-7-3-5-17(13-20)22-15-23(16-9-11-19(25)12-10-16)28(26-22)34(31,32)21-8-4-6-18(24)14-21/h3-14,23,27H,2,15H2,1H3/t23-/m0/s1. The lowest BCUT2D eigenvalue weighted by Gasteiger charge is -2.23. The largest absolute Gasteiger partial charge is 0.284 e. The van der Waals surface area contributed by atoms with E-state index in [0.29, 0.717) is 22.5 Å². The Balaban J connectivity index is 1.77. The Morgan fingerprint density at radius 3 is 2.41 bits per heavy atom. The first-order chi connectivity index (χ1) is 16.1. The zero-order chi connectivity index (χ0) is 24.5. The summed E-state index contributed by atoms with van der Waals surface area (Å²) in [7, 11) is -7.59. The van der Waals surface area contributed by atoms with E-state index in [9.17, 15) is 21.2 Å². The first kappa shape index (κ1) is 24.2. The molecule has 3 aromatic rings. The Morgan fingerprint density at radius 1 is 1.03 bits per heavy atom. The number of nitrogens with zero attached hydrogens (tertiary/aromatic N) is 2. The van der Waals surface area contributed by atoms with Crippen molar-refractivity contribution in [3.8, 4) is 0 Å². The lowest BCUT2D eigenvalue weighted by molar-refractivity contribution is 0.371. The van der Waals surface area contributed by atoms with Crippen LogP contribution < -0.4 is 4.72 Å². The van der Waals surface area contributed by atoms with E-state index in [0.717, 1.165) is 4.41 Å². The highest BCUT2D eigenvalue weighted by molar-refractivity contribution is 7.92. The van der Waals surface area contributed by atoms with Gasteiger partial charge in [-0.25, -0.2) is 12.8 Å². The van der Waals surface area contributed by atoms with E-state index in [-0.39, 0.29) is 22.1 Å². The van der Waals surface area contributed by atoms with E-state index in [1.165, 1.54) is 49.4 Å². The summed E-state index contributed by atoms with van der Waals surface area (Å²) in [5.74, 6) is -0.528.